The second-order valence-corrected chi connectivity index (χ2v) is 5.90. The molecular weight excluding hydrogens is 190 g/mol. The number of hydrogen-bond acceptors (Lipinski definition) is 3. The van der Waals surface area contributed by atoms with E-state index >= 15 is 0 Å². The van der Waals surface area contributed by atoms with Crippen molar-refractivity contribution in [1.82, 2.24) is 0 Å². The summed E-state index contributed by atoms with van der Waals surface area (Å²) < 4.78 is 0. The lowest BCUT2D eigenvalue weighted by Crippen LogP contribution is -2.50. The van der Waals surface area contributed by atoms with Gasteiger partial charge in [0.05, 0.1) is 12.3 Å². The molecule has 84 valence electrons. The zero-order valence-corrected chi connectivity index (χ0v) is 9.02. The molecule has 3 nitrogen and oxygen atoms in total. The molecule has 0 aromatic rings. The van der Waals surface area contributed by atoms with Crippen LogP contribution in [0, 0.1) is 23.2 Å². The van der Waals surface area contributed by atoms with Gasteiger partial charge >= 0.3 is 0 Å². The number of rotatable bonds is 2. The van der Waals surface area contributed by atoms with E-state index in [0.29, 0.717) is 5.71 Å². The van der Waals surface area contributed by atoms with Gasteiger partial charge in [0.1, 0.15) is 0 Å². The Bertz CT molecular complexity index is 263. The van der Waals surface area contributed by atoms with Gasteiger partial charge in [-0.25, -0.2) is 0 Å². The summed E-state index contributed by atoms with van der Waals surface area (Å²) in [7, 11) is 0. The lowest BCUT2D eigenvalue weighted by molar-refractivity contribution is -0.0161. The van der Waals surface area contributed by atoms with Gasteiger partial charge in [-0.1, -0.05) is 5.16 Å². The second kappa shape index (κ2) is 3.21. The van der Waals surface area contributed by atoms with Crippen molar-refractivity contribution in [3.05, 3.63) is 0 Å². The van der Waals surface area contributed by atoms with Crippen LogP contribution in [0.25, 0.3) is 0 Å². The minimum Gasteiger partial charge on any atom is -0.411 e. The standard InChI is InChI=1S/C12H19NO2/c14-7-11(13-15)12-4-8-1-9(5-12)3-10(2-8)6-12/h8-10,14-15H,1-7H2/b13-11-. The minimum absolute atomic E-state index is 0.0668. The fourth-order valence-corrected chi connectivity index (χ4v) is 4.77. The molecule has 3 heteroatoms. The summed E-state index contributed by atoms with van der Waals surface area (Å²) in [5.41, 5.74) is 0.722. The van der Waals surface area contributed by atoms with Crippen LogP contribution in [0.15, 0.2) is 5.16 Å². The molecule has 4 aliphatic carbocycles. The first-order valence-electron chi connectivity index (χ1n) is 6.08. The molecule has 0 spiro atoms. The first-order valence-corrected chi connectivity index (χ1v) is 6.08. The number of aliphatic hydroxyl groups is 1. The molecule has 15 heavy (non-hydrogen) atoms. The van der Waals surface area contributed by atoms with E-state index < -0.39 is 0 Å². The molecule has 0 aromatic heterocycles. The summed E-state index contributed by atoms with van der Waals surface area (Å²) in [6, 6.07) is 0. The molecule has 0 unspecified atom stereocenters. The molecule has 0 atom stereocenters. The van der Waals surface area contributed by atoms with Gasteiger partial charge in [-0.15, -0.1) is 0 Å². The Morgan fingerprint density at radius 2 is 1.53 bits per heavy atom. The van der Waals surface area contributed by atoms with E-state index in [-0.39, 0.29) is 12.0 Å². The van der Waals surface area contributed by atoms with Crippen molar-refractivity contribution >= 4 is 5.71 Å². The number of aliphatic hydroxyl groups excluding tert-OH is 1. The smallest absolute Gasteiger partial charge is 0.0886 e. The molecule has 4 aliphatic rings. The molecule has 0 aliphatic heterocycles. The van der Waals surface area contributed by atoms with Crippen molar-refractivity contribution in [3.63, 3.8) is 0 Å². The average molecular weight is 209 g/mol. The van der Waals surface area contributed by atoms with Gasteiger partial charge in [-0.3, -0.25) is 0 Å². The lowest BCUT2D eigenvalue weighted by atomic mass is 9.48. The molecule has 4 saturated carbocycles. The third-order valence-electron chi connectivity index (χ3n) is 4.92. The first kappa shape index (κ1) is 9.64. The van der Waals surface area contributed by atoms with Crippen molar-refractivity contribution in [2.75, 3.05) is 6.61 Å². The maximum atomic E-state index is 9.30. The third-order valence-corrected chi connectivity index (χ3v) is 4.92. The first-order chi connectivity index (χ1) is 7.25. The molecule has 0 heterocycles. The van der Waals surface area contributed by atoms with Crippen LogP contribution in [0.2, 0.25) is 0 Å². The predicted octanol–water partition coefficient (Wildman–Crippen LogP) is 2.03. The van der Waals surface area contributed by atoms with Gasteiger partial charge < -0.3 is 10.3 Å². The Kier molecular flexibility index (Phi) is 2.06. The Morgan fingerprint density at radius 1 is 1.07 bits per heavy atom. The second-order valence-electron chi connectivity index (χ2n) is 5.90. The van der Waals surface area contributed by atoms with E-state index in [1.807, 2.05) is 0 Å². The van der Waals surface area contributed by atoms with Gasteiger partial charge in [0.2, 0.25) is 0 Å². The van der Waals surface area contributed by atoms with E-state index in [1.165, 1.54) is 19.3 Å². The largest absolute Gasteiger partial charge is 0.411 e. The van der Waals surface area contributed by atoms with Crippen LogP contribution in [0.3, 0.4) is 0 Å². The average Bonchev–Trinajstić information content (AvgIpc) is 2.16. The third kappa shape index (κ3) is 1.32. The maximum Gasteiger partial charge on any atom is 0.0886 e. The van der Waals surface area contributed by atoms with Crippen molar-refractivity contribution in [2.24, 2.45) is 28.3 Å². The van der Waals surface area contributed by atoms with Crippen molar-refractivity contribution in [3.8, 4) is 0 Å². The molecule has 4 fully saturated rings. The molecule has 4 bridgehead atoms. The minimum atomic E-state index is -0.0668. The quantitative estimate of drug-likeness (QED) is 0.415. The Morgan fingerprint density at radius 3 is 1.87 bits per heavy atom. The van der Waals surface area contributed by atoms with E-state index in [0.717, 1.165) is 37.0 Å². The number of nitrogens with zero attached hydrogens (tertiary/aromatic N) is 1. The summed E-state index contributed by atoms with van der Waals surface area (Å²) in [5, 5.41) is 21.7. The van der Waals surface area contributed by atoms with Crippen LogP contribution in [-0.4, -0.2) is 22.6 Å². The fourth-order valence-electron chi connectivity index (χ4n) is 4.77. The Hall–Kier alpha value is -0.570. The molecule has 0 amide bonds. The number of hydrogen-bond donors (Lipinski definition) is 2. The van der Waals surface area contributed by atoms with Gasteiger partial charge in [-0.05, 0) is 56.3 Å². The Labute approximate surface area is 90.2 Å². The molecular formula is C12H19NO2. The lowest BCUT2D eigenvalue weighted by Gasteiger charge is -2.56. The molecule has 0 aromatic carbocycles. The maximum absolute atomic E-state index is 9.30. The summed E-state index contributed by atoms with van der Waals surface area (Å²) in [6.45, 7) is -0.0668. The SMILES string of the molecule is OC/C(=N/O)C12CC3CC(CC(C3)C1)C2. The summed E-state index contributed by atoms with van der Waals surface area (Å²) in [5.74, 6) is 2.50. The van der Waals surface area contributed by atoms with Crippen molar-refractivity contribution in [1.29, 1.82) is 0 Å². The van der Waals surface area contributed by atoms with Crippen molar-refractivity contribution < 1.29 is 10.3 Å². The normalized spacial score (nSPS) is 48.6. The van der Waals surface area contributed by atoms with Gasteiger partial charge in [0.15, 0.2) is 0 Å². The van der Waals surface area contributed by atoms with Gasteiger partial charge in [0, 0.05) is 5.41 Å². The van der Waals surface area contributed by atoms with Crippen LogP contribution in [0.1, 0.15) is 38.5 Å². The van der Waals surface area contributed by atoms with E-state index in [2.05, 4.69) is 5.16 Å². The summed E-state index contributed by atoms with van der Waals surface area (Å²) in [6.07, 6.45) is 7.59. The van der Waals surface area contributed by atoms with E-state index in [4.69, 9.17) is 5.21 Å². The topological polar surface area (TPSA) is 52.8 Å². The van der Waals surface area contributed by atoms with Crippen LogP contribution in [0.5, 0.6) is 0 Å². The molecule has 4 rings (SSSR count). The van der Waals surface area contributed by atoms with Gasteiger partial charge in [0.25, 0.3) is 0 Å². The van der Waals surface area contributed by atoms with Crippen LogP contribution < -0.4 is 0 Å². The molecule has 0 radical (unpaired) electrons. The highest BCUT2D eigenvalue weighted by molar-refractivity contribution is 5.91. The van der Waals surface area contributed by atoms with E-state index in [1.54, 1.807) is 0 Å². The monoisotopic (exact) mass is 209 g/mol. The van der Waals surface area contributed by atoms with Crippen molar-refractivity contribution in [2.45, 2.75) is 38.5 Å². The van der Waals surface area contributed by atoms with Crippen LogP contribution in [-0.2, 0) is 0 Å². The summed E-state index contributed by atoms with van der Waals surface area (Å²) in [4.78, 5) is 0. The highest BCUT2D eigenvalue weighted by atomic mass is 16.4. The number of oxime groups is 1. The predicted molar refractivity (Wildman–Crippen MR) is 56.9 cm³/mol. The zero-order chi connectivity index (χ0) is 10.5. The van der Waals surface area contributed by atoms with Crippen LogP contribution >= 0.6 is 0 Å². The molecule has 0 saturated heterocycles. The fraction of sp³-hybridized carbons (Fsp3) is 0.917. The van der Waals surface area contributed by atoms with E-state index in [9.17, 15) is 5.11 Å². The zero-order valence-electron chi connectivity index (χ0n) is 9.02. The highest BCUT2D eigenvalue weighted by Gasteiger charge is 2.53. The Balaban J connectivity index is 1.92. The summed E-state index contributed by atoms with van der Waals surface area (Å²) >= 11 is 0. The highest BCUT2D eigenvalue weighted by Crippen LogP contribution is 2.60. The van der Waals surface area contributed by atoms with Gasteiger partial charge in [-0.2, -0.15) is 0 Å². The molecule has 2 N–H and O–H groups in total. The van der Waals surface area contributed by atoms with Crippen LogP contribution in [0.4, 0.5) is 0 Å².